The molecule has 0 aromatic carbocycles. The molecular weight excluding hydrogens is 298 g/mol. The zero-order valence-corrected chi connectivity index (χ0v) is 12.8. The molecule has 0 aromatic heterocycles. The van der Waals surface area contributed by atoms with Crippen LogP contribution in [0, 0.1) is 5.92 Å². The molecule has 0 aromatic rings. The summed E-state index contributed by atoms with van der Waals surface area (Å²) >= 11 is 0. The molecule has 8 nitrogen and oxygen atoms in total. The first-order chi connectivity index (χ1) is 9.78. The fourth-order valence-corrected chi connectivity index (χ4v) is 2.94. The summed E-state index contributed by atoms with van der Waals surface area (Å²) in [4.78, 5) is 24.1. The first-order valence-electron chi connectivity index (χ1n) is 7.03. The molecule has 1 heterocycles. The maximum Gasteiger partial charge on any atom is 0.317 e. The van der Waals surface area contributed by atoms with Crippen LogP contribution >= 0.6 is 0 Å². The molecule has 122 valence electrons. The third kappa shape index (κ3) is 7.86. The molecule has 0 radical (unpaired) electrons. The summed E-state index contributed by atoms with van der Waals surface area (Å²) in [5.74, 6) is -0.765. The number of primary sulfonamides is 1. The van der Waals surface area contributed by atoms with Crippen LogP contribution in [0.25, 0.3) is 0 Å². The Hall–Kier alpha value is -1.35. The molecule has 0 bridgehead atoms. The molecule has 4 N–H and O–H groups in total. The van der Waals surface area contributed by atoms with Gasteiger partial charge in [-0.1, -0.05) is 0 Å². The van der Waals surface area contributed by atoms with Gasteiger partial charge in [-0.05, 0) is 31.6 Å². The van der Waals surface area contributed by atoms with E-state index < -0.39 is 16.0 Å². The van der Waals surface area contributed by atoms with E-state index >= 15 is 0 Å². The molecule has 0 aliphatic carbocycles. The van der Waals surface area contributed by atoms with E-state index in [0.29, 0.717) is 19.5 Å². The number of carbonyl (C=O) groups is 2. The van der Waals surface area contributed by atoms with Crippen molar-refractivity contribution in [2.45, 2.75) is 32.1 Å². The van der Waals surface area contributed by atoms with Crippen LogP contribution in [-0.2, 0) is 14.8 Å². The Morgan fingerprint density at radius 1 is 1.38 bits per heavy atom. The van der Waals surface area contributed by atoms with E-state index in [1.54, 1.807) is 4.90 Å². The number of nitrogens with two attached hydrogens (primary N) is 1. The lowest BCUT2D eigenvalue weighted by molar-refractivity contribution is -0.137. The lowest BCUT2D eigenvalue weighted by Gasteiger charge is -2.32. The summed E-state index contributed by atoms with van der Waals surface area (Å²) < 4.78 is 21.5. The van der Waals surface area contributed by atoms with Gasteiger partial charge in [0.05, 0.1) is 5.75 Å². The van der Waals surface area contributed by atoms with Gasteiger partial charge in [0.1, 0.15) is 0 Å². The molecule has 1 fully saturated rings. The highest BCUT2D eigenvalue weighted by Crippen LogP contribution is 2.20. The summed E-state index contributed by atoms with van der Waals surface area (Å²) in [7, 11) is -3.49. The zero-order chi connectivity index (χ0) is 15.9. The molecule has 1 atom stereocenters. The van der Waals surface area contributed by atoms with Crippen molar-refractivity contribution in [3.05, 3.63) is 0 Å². The summed E-state index contributed by atoms with van der Waals surface area (Å²) in [6.45, 7) is 1.45. The topological polar surface area (TPSA) is 130 Å². The normalized spacial score (nSPS) is 19.3. The number of amides is 2. The molecule has 0 spiro atoms. The second-order valence-electron chi connectivity index (χ2n) is 5.34. The average molecular weight is 321 g/mol. The summed E-state index contributed by atoms with van der Waals surface area (Å²) in [6, 6.07) is -0.232. The third-order valence-electron chi connectivity index (χ3n) is 3.45. The van der Waals surface area contributed by atoms with Crippen LogP contribution in [0.5, 0.6) is 0 Å². The lowest BCUT2D eigenvalue weighted by atomic mass is 9.93. The molecule has 1 saturated heterocycles. The van der Waals surface area contributed by atoms with Crippen molar-refractivity contribution in [3.63, 3.8) is 0 Å². The molecule has 1 aliphatic rings. The molecule has 1 aliphatic heterocycles. The van der Waals surface area contributed by atoms with Gasteiger partial charge in [0.25, 0.3) is 0 Å². The first-order valence-corrected chi connectivity index (χ1v) is 8.74. The van der Waals surface area contributed by atoms with Crippen molar-refractivity contribution < 1.29 is 23.1 Å². The summed E-state index contributed by atoms with van der Waals surface area (Å²) in [5.41, 5.74) is 0. The number of likely N-dealkylation sites (tertiary alicyclic amines) is 1. The first kappa shape index (κ1) is 17.7. The predicted octanol–water partition coefficient (Wildman–Crippen LogP) is -0.0486. The largest absolute Gasteiger partial charge is 0.481 e. The summed E-state index contributed by atoms with van der Waals surface area (Å²) in [5, 5.41) is 16.2. The van der Waals surface area contributed by atoms with Crippen molar-refractivity contribution >= 4 is 22.0 Å². The Kier molecular flexibility index (Phi) is 6.90. The Balaban J connectivity index is 2.28. The number of nitrogens with zero attached hydrogens (tertiary/aromatic N) is 1. The van der Waals surface area contributed by atoms with Gasteiger partial charge in [0.2, 0.25) is 10.0 Å². The third-order valence-corrected chi connectivity index (χ3v) is 4.31. The van der Waals surface area contributed by atoms with Gasteiger partial charge >= 0.3 is 12.0 Å². The summed E-state index contributed by atoms with van der Waals surface area (Å²) in [6.07, 6.45) is 2.76. The van der Waals surface area contributed by atoms with E-state index in [-0.39, 0.29) is 37.1 Å². The standard InChI is InChI=1S/C12H23N3O5S/c13-21(19,20)8-2-6-14-12(18)15-7-1-3-10(9-15)4-5-11(16)17/h10H,1-9H2,(H,14,18)(H,16,17)(H2,13,19,20). The van der Waals surface area contributed by atoms with E-state index in [9.17, 15) is 18.0 Å². The highest BCUT2D eigenvalue weighted by atomic mass is 32.2. The number of nitrogens with one attached hydrogen (secondary N) is 1. The zero-order valence-electron chi connectivity index (χ0n) is 12.0. The fourth-order valence-electron chi connectivity index (χ4n) is 2.39. The van der Waals surface area contributed by atoms with Crippen molar-refractivity contribution in [1.29, 1.82) is 0 Å². The van der Waals surface area contributed by atoms with Crippen LogP contribution in [0.1, 0.15) is 32.1 Å². The van der Waals surface area contributed by atoms with E-state index in [4.69, 9.17) is 10.2 Å². The molecule has 0 saturated carbocycles. The number of sulfonamides is 1. The number of piperidine rings is 1. The van der Waals surface area contributed by atoms with Crippen LogP contribution in [0.2, 0.25) is 0 Å². The maximum absolute atomic E-state index is 11.9. The SMILES string of the molecule is NS(=O)(=O)CCCNC(=O)N1CCCC(CCC(=O)O)C1. The van der Waals surface area contributed by atoms with Gasteiger partial charge in [-0.15, -0.1) is 0 Å². The molecule has 21 heavy (non-hydrogen) atoms. The van der Waals surface area contributed by atoms with Gasteiger partial charge in [0, 0.05) is 26.1 Å². The van der Waals surface area contributed by atoms with Gasteiger partial charge in [-0.2, -0.15) is 0 Å². The number of carbonyl (C=O) groups excluding carboxylic acids is 1. The van der Waals surface area contributed by atoms with Crippen molar-refractivity contribution in [1.82, 2.24) is 10.2 Å². The molecule has 2 amide bonds. The lowest BCUT2D eigenvalue weighted by Crippen LogP contribution is -2.46. The van der Waals surface area contributed by atoms with Crippen molar-refractivity contribution in [2.75, 3.05) is 25.4 Å². The highest BCUT2D eigenvalue weighted by Gasteiger charge is 2.23. The van der Waals surface area contributed by atoms with E-state index in [1.807, 2.05) is 0 Å². The minimum Gasteiger partial charge on any atom is -0.481 e. The molecule has 1 rings (SSSR count). The minimum atomic E-state index is -3.49. The van der Waals surface area contributed by atoms with E-state index in [2.05, 4.69) is 5.32 Å². The number of rotatable bonds is 7. The Bertz CT molecular complexity index is 466. The van der Waals surface area contributed by atoms with Crippen molar-refractivity contribution in [3.8, 4) is 0 Å². The van der Waals surface area contributed by atoms with Crippen LogP contribution in [0.4, 0.5) is 4.79 Å². The fraction of sp³-hybridized carbons (Fsp3) is 0.833. The molecule has 9 heteroatoms. The van der Waals surface area contributed by atoms with Gasteiger partial charge < -0.3 is 15.3 Å². The molecule has 1 unspecified atom stereocenters. The number of carboxylic acid groups (broad SMARTS) is 1. The van der Waals surface area contributed by atoms with Gasteiger partial charge in [-0.25, -0.2) is 18.4 Å². The van der Waals surface area contributed by atoms with E-state index in [1.165, 1.54) is 0 Å². The van der Waals surface area contributed by atoms with Crippen LogP contribution in [0.15, 0.2) is 0 Å². The van der Waals surface area contributed by atoms with Crippen LogP contribution < -0.4 is 10.5 Å². The quantitative estimate of drug-likeness (QED) is 0.566. The van der Waals surface area contributed by atoms with Crippen LogP contribution in [-0.4, -0.2) is 55.8 Å². The predicted molar refractivity (Wildman–Crippen MR) is 77.2 cm³/mol. The number of hydrogen-bond acceptors (Lipinski definition) is 4. The molecular formula is C12H23N3O5S. The smallest absolute Gasteiger partial charge is 0.317 e. The second kappa shape index (κ2) is 8.18. The highest BCUT2D eigenvalue weighted by molar-refractivity contribution is 7.89. The number of carboxylic acids is 1. The Morgan fingerprint density at radius 2 is 2.10 bits per heavy atom. The second-order valence-corrected chi connectivity index (χ2v) is 7.07. The average Bonchev–Trinajstić information content (AvgIpc) is 2.40. The van der Waals surface area contributed by atoms with Gasteiger partial charge in [-0.3, -0.25) is 4.79 Å². The van der Waals surface area contributed by atoms with Crippen molar-refractivity contribution in [2.24, 2.45) is 11.1 Å². The maximum atomic E-state index is 11.9. The Morgan fingerprint density at radius 3 is 2.71 bits per heavy atom. The number of urea groups is 1. The number of hydrogen-bond donors (Lipinski definition) is 3. The van der Waals surface area contributed by atoms with E-state index in [0.717, 1.165) is 12.8 Å². The minimum absolute atomic E-state index is 0.120. The monoisotopic (exact) mass is 321 g/mol. The van der Waals surface area contributed by atoms with Gasteiger partial charge in [0.15, 0.2) is 0 Å². The van der Waals surface area contributed by atoms with Crippen LogP contribution in [0.3, 0.4) is 0 Å². The Labute approximate surface area is 124 Å². The number of aliphatic carboxylic acids is 1.